The van der Waals surface area contributed by atoms with Crippen LogP contribution in [0.1, 0.15) is 51.4 Å². The number of rotatable bonds is 3. The Morgan fingerprint density at radius 3 is 2.64 bits per heavy atom. The van der Waals surface area contributed by atoms with Gasteiger partial charge in [0.05, 0.1) is 21.5 Å². The fourth-order valence-electron chi connectivity index (χ4n) is 3.28. The fourth-order valence-corrected chi connectivity index (χ4v) is 4.41. The van der Waals surface area contributed by atoms with Crippen LogP contribution in [-0.4, -0.2) is 17.7 Å². The molecule has 2 aromatic rings. The van der Waals surface area contributed by atoms with Crippen LogP contribution in [0.2, 0.25) is 0 Å². The summed E-state index contributed by atoms with van der Waals surface area (Å²) >= 11 is 1.11. The van der Waals surface area contributed by atoms with E-state index in [2.05, 4.69) is 11.4 Å². The van der Waals surface area contributed by atoms with Crippen molar-refractivity contribution in [1.29, 1.82) is 5.26 Å². The Labute approximate surface area is 150 Å². The molecular formula is C19H19N3O2S. The van der Waals surface area contributed by atoms with Crippen LogP contribution in [0.25, 0.3) is 0 Å². The highest BCUT2D eigenvalue weighted by Gasteiger charge is 2.47. The van der Waals surface area contributed by atoms with Crippen molar-refractivity contribution in [2.24, 2.45) is 0 Å². The van der Waals surface area contributed by atoms with E-state index in [1.54, 1.807) is 12.1 Å². The number of Topliss-reactive ketones (excluding diaryl/α,β-unsaturated/α-hetero) is 1. The summed E-state index contributed by atoms with van der Waals surface area (Å²) in [5.74, 6) is -0.523. The number of nitriles is 1. The van der Waals surface area contributed by atoms with Crippen molar-refractivity contribution in [1.82, 2.24) is 5.32 Å². The van der Waals surface area contributed by atoms with Crippen LogP contribution in [0, 0.1) is 11.3 Å². The molecule has 0 radical (unpaired) electrons. The number of hydrogen-bond donors (Lipinski definition) is 2. The molecule has 1 aliphatic carbocycles. The zero-order chi connectivity index (χ0) is 18.2. The average Bonchev–Trinajstić information content (AvgIpc) is 2.93. The summed E-state index contributed by atoms with van der Waals surface area (Å²) in [6, 6.07) is 11.3. The minimum atomic E-state index is -1.21. The average molecular weight is 353 g/mol. The van der Waals surface area contributed by atoms with E-state index >= 15 is 0 Å². The number of anilines is 1. The first-order valence-electron chi connectivity index (χ1n) is 8.14. The standard InChI is InChI=1S/C19H19N3O2S/c1-11(2)22-18(24)14-13-8-9-19(10-20,12-6-4-3-5-7-12)16(23)15(13)25-17(14)21/h3-7,11H,8-9,21H2,1-2H3,(H,22,24). The second-order valence-corrected chi connectivity index (χ2v) is 7.54. The van der Waals surface area contributed by atoms with Gasteiger partial charge in [0.1, 0.15) is 5.41 Å². The van der Waals surface area contributed by atoms with Crippen molar-refractivity contribution < 1.29 is 9.59 Å². The Hall–Kier alpha value is -2.65. The molecule has 1 unspecified atom stereocenters. The van der Waals surface area contributed by atoms with Gasteiger partial charge in [0.2, 0.25) is 0 Å². The second kappa shape index (κ2) is 6.34. The molecule has 1 heterocycles. The number of hydrogen-bond acceptors (Lipinski definition) is 5. The summed E-state index contributed by atoms with van der Waals surface area (Å²) in [5, 5.41) is 13.0. The van der Waals surface area contributed by atoms with Gasteiger partial charge in [-0.25, -0.2) is 0 Å². The lowest BCUT2D eigenvalue weighted by Crippen LogP contribution is -2.39. The van der Waals surface area contributed by atoms with Crippen molar-refractivity contribution >= 4 is 28.0 Å². The third kappa shape index (κ3) is 2.71. The molecule has 0 saturated heterocycles. The van der Waals surface area contributed by atoms with Gasteiger partial charge in [-0.2, -0.15) is 5.26 Å². The van der Waals surface area contributed by atoms with E-state index in [9.17, 15) is 14.9 Å². The third-order valence-corrected chi connectivity index (χ3v) is 5.54. The summed E-state index contributed by atoms with van der Waals surface area (Å²) in [5.41, 5.74) is 6.59. The smallest absolute Gasteiger partial charge is 0.254 e. The summed E-state index contributed by atoms with van der Waals surface area (Å²) in [6.45, 7) is 3.74. The highest BCUT2D eigenvalue weighted by Crippen LogP contribution is 2.44. The molecule has 1 aliphatic rings. The van der Waals surface area contributed by atoms with Crippen LogP contribution >= 0.6 is 11.3 Å². The van der Waals surface area contributed by atoms with Crippen molar-refractivity contribution in [2.45, 2.75) is 38.1 Å². The Morgan fingerprint density at radius 2 is 2.04 bits per heavy atom. The number of nitrogens with one attached hydrogen (secondary N) is 1. The lowest BCUT2D eigenvalue weighted by molar-refractivity contribution is 0.0908. The fraction of sp³-hybridized carbons (Fsp3) is 0.316. The minimum Gasteiger partial charge on any atom is -0.390 e. The largest absolute Gasteiger partial charge is 0.390 e. The van der Waals surface area contributed by atoms with Gasteiger partial charge in [-0.1, -0.05) is 30.3 Å². The lowest BCUT2D eigenvalue weighted by Gasteiger charge is -2.29. The molecule has 0 bridgehead atoms. The molecule has 1 amide bonds. The van der Waals surface area contributed by atoms with E-state index in [1.807, 2.05) is 32.0 Å². The maximum absolute atomic E-state index is 13.2. The SMILES string of the molecule is CC(C)NC(=O)c1c(N)sc2c1CCC(C#N)(c1ccccc1)C2=O. The van der Waals surface area contributed by atoms with Crippen LogP contribution in [0.5, 0.6) is 0 Å². The topological polar surface area (TPSA) is 96.0 Å². The maximum atomic E-state index is 13.2. The number of nitrogens with zero attached hydrogens (tertiary/aromatic N) is 1. The van der Waals surface area contributed by atoms with Gasteiger partial charge in [0.15, 0.2) is 5.78 Å². The van der Waals surface area contributed by atoms with Gasteiger partial charge >= 0.3 is 0 Å². The first kappa shape index (κ1) is 17.2. The lowest BCUT2D eigenvalue weighted by atomic mass is 9.69. The zero-order valence-corrected chi connectivity index (χ0v) is 14.9. The molecule has 0 fully saturated rings. The van der Waals surface area contributed by atoms with Crippen LogP contribution in [0.4, 0.5) is 5.00 Å². The molecule has 0 spiro atoms. The molecule has 3 rings (SSSR count). The molecule has 1 atom stereocenters. The van der Waals surface area contributed by atoms with E-state index in [0.717, 1.165) is 11.3 Å². The normalized spacial score (nSPS) is 19.4. The predicted octanol–water partition coefficient (Wildman–Crippen LogP) is 3.06. The summed E-state index contributed by atoms with van der Waals surface area (Å²) in [4.78, 5) is 26.1. The zero-order valence-electron chi connectivity index (χ0n) is 14.1. The van der Waals surface area contributed by atoms with Gasteiger partial charge in [-0.3, -0.25) is 9.59 Å². The Kier molecular flexibility index (Phi) is 4.36. The van der Waals surface area contributed by atoms with E-state index in [0.29, 0.717) is 39.4 Å². The Bertz CT molecular complexity index is 880. The summed E-state index contributed by atoms with van der Waals surface area (Å²) in [6.07, 6.45) is 0.815. The minimum absolute atomic E-state index is 0.0238. The number of carbonyl (C=O) groups is 2. The molecule has 128 valence electrons. The quantitative estimate of drug-likeness (QED) is 0.886. The van der Waals surface area contributed by atoms with Crippen LogP contribution in [0.3, 0.4) is 0 Å². The highest BCUT2D eigenvalue weighted by molar-refractivity contribution is 7.18. The van der Waals surface area contributed by atoms with Crippen LogP contribution in [0.15, 0.2) is 30.3 Å². The van der Waals surface area contributed by atoms with Crippen LogP contribution in [-0.2, 0) is 11.8 Å². The molecule has 3 N–H and O–H groups in total. The molecule has 0 aliphatic heterocycles. The molecule has 1 aromatic carbocycles. The Balaban J connectivity index is 2.08. The Morgan fingerprint density at radius 1 is 1.36 bits per heavy atom. The molecular weight excluding hydrogens is 334 g/mol. The molecule has 25 heavy (non-hydrogen) atoms. The number of thiophene rings is 1. The van der Waals surface area contributed by atoms with Crippen molar-refractivity contribution in [3.8, 4) is 6.07 Å². The number of nitrogen functional groups attached to an aromatic ring is 1. The van der Waals surface area contributed by atoms with Gasteiger partial charge in [-0.05, 0) is 37.8 Å². The number of nitrogens with two attached hydrogens (primary N) is 1. The maximum Gasteiger partial charge on any atom is 0.254 e. The summed E-state index contributed by atoms with van der Waals surface area (Å²) in [7, 11) is 0. The number of carbonyl (C=O) groups excluding carboxylic acids is 2. The van der Waals surface area contributed by atoms with Crippen LogP contribution < -0.4 is 11.1 Å². The number of amides is 1. The number of fused-ring (bicyclic) bond motifs is 1. The third-order valence-electron chi connectivity index (χ3n) is 4.48. The predicted molar refractivity (Wildman–Crippen MR) is 97.7 cm³/mol. The highest BCUT2D eigenvalue weighted by atomic mass is 32.1. The summed E-state index contributed by atoms with van der Waals surface area (Å²) < 4.78 is 0. The van der Waals surface area contributed by atoms with E-state index in [1.165, 1.54) is 0 Å². The molecule has 6 heteroatoms. The number of ketones is 1. The van der Waals surface area contributed by atoms with Crippen molar-refractivity contribution in [3.63, 3.8) is 0 Å². The number of benzene rings is 1. The first-order chi connectivity index (χ1) is 11.9. The molecule has 1 aromatic heterocycles. The van der Waals surface area contributed by atoms with Gasteiger partial charge in [-0.15, -0.1) is 11.3 Å². The molecule has 0 saturated carbocycles. The monoisotopic (exact) mass is 353 g/mol. The van der Waals surface area contributed by atoms with E-state index in [-0.39, 0.29) is 17.7 Å². The molecule has 5 nitrogen and oxygen atoms in total. The van der Waals surface area contributed by atoms with Gasteiger partial charge in [0, 0.05) is 6.04 Å². The van der Waals surface area contributed by atoms with E-state index in [4.69, 9.17) is 5.73 Å². The first-order valence-corrected chi connectivity index (χ1v) is 8.96. The van der Waals surface area contributed by atoms with Crippen molar-refractivity contribution in [3.05, 3.63) is 51.9 Å². The second-order valence-electron chi connectivity index (χ2n) is 6.49. The van der Waals surface area contributed by atoms with E-state index < -0.39 is 5.41 Å². The van der Waals surface area contributed by atoms with Gasteiger partial charge < -0.3 is 11.1 Å². The van der Waals surface area contributed by atoms with Crippen molar-refractivity contribution in [2.75, 3.05) is 5.73 Å². The van der Waals surface area contributed by atoms with Gasteiger partial charge in [0.25, 0.3) is 5.91 Å².